The lowest BCUT2D eigenvalue weighted by atomic mass is 10.1. The number of benzene rings is 1. The van der Waals surface area contributed by atoms with Crippen molar-refractivity contribution in [3.05, 3.63) is 54.2 Å². The fourth-order valence-electron chi connectivity index (χ4n) is 1.65. The Balaban J connectivity index is 2.92. The van der Waals surface area contributed by atoms with Crippen molar-refractivity contribution in [2.24, 2.45) is 0 Å². The van der Waals surface area contributed by atoms with E-state index in [9.17, 15) is 20.1 Å². The van der Waals surface area contributed by atoms with Crippen LogP contribution in [0.3, 0.4) is 0 Å². The van der Waals surface area contributed by atoms with E-state index in [2.05, 4.69) is 13.2 Å². The number of rotatable bonds is 6. The molecular weight excluding hydrogens is 284 g/mol. The second-order valence-corrected chi connectivity index (χ2v) is 4.99. The SMILES string of the molecule is C=C/C(C)=C/CC(OC(=O)c1cc(O)c(O)c(O)c1)C(=C)C. The van der Waals surface area contributed by atoms with Crippen LogP contribution in [0, 0.1) is 0 Å². The third-order valence-electron chi connectivity index (χ3n) is 3.08. The number of ether oxygens (including phenoxy) is 1. The van der Waals surface area contributed by atoms with Crippen LogP contribution >= 0.6 is 0 Å². The molecule has 1 aromatic carbocycles. The van der Waals surface area contributed by atoms with Gasteiger partial charge in [-0.3, -0.25) is 0 Å². The first kappa shape index (κ1) is 17.4. The third kappa shape index (κ3) is 4.41. The number of aromatic hydroxyl groups is 3. The Bertz CT molecular complexity index is 605. The van der Waals surface area contributed by atoms with Gasteiger partial charge in [-0.1, -0.05) is 30.9 Å². The number of phenolic OH excluding ortho intramolecular Hbond substituents is 3. The average Bonchev–Trinajstić information content (AvgIpc) is 2.47. The Kier molecular flexibility index (Phi) is 5.81. The quantitative estimate of drug-likeness (QED) is 0.324. The predicted octanol–water partition coefficient (Wildman–Crippen LogP) is 3.43. The maximum atomic E-state index is 12.1. The third-order valence-corrected chi connectivity index (χ3v) is 3.08. The lowest BCUT2D eigenvalue weighted by molar-refractivity contribution is 0.0379. The Labute approximate surface area is 129 Å². The molecule has 0 fully saturated rings. The van der Waals surface area contributed by atoms with Crippen molar-refractivity contribution in [1.29, 1.82) is 0 Å². The molecule has 1 rings (SSSR count). The minimum Gasteiger partial charge on any atom is -0.504 e. The van der Waals surface area contributed by atoms with Crippen LogP contribution in [0.2, 0.25) is 0 Å². The molecule has 0 bridgehead atoms. The van der Waals surface area contributed by atoms with Gasteiger partial charge in [-0.05, 0) is 31.6 Å². The van der Waals surface area contributed by atoms with E-state index in [1.807, 2.05) is 13.0 Å². The number of phenols is 3. The van der Waals surface area contributed by atoms with Crippen LogP contribution in [0.1, 0.15) is 30.6 Å². The molecule has 0 aliphatic rings. The summed E-state index contributed by atoms with van der Waals surface area (Å²) in [5.41, 5.74) is 1.54. The zero-order valence-corrected chi connectivity index (χ0v) is 12.7. The molecule has 0 radical (unpaired) electrons. The monoisotopic (exact) mass is 304 g/mol. The second kappa shape index (κ2) is 7.36. The van der Waals surface area contributed by atoms with Gasteiger partial charge in [0.2, 0.25) is 0 Å². The summed E-state index contributed by atoms with van der Waals surface area (Å²) in [7, 11) is 0. The Morgan fingerprint density at radius 2 is 1.82 bits per heavy atom. The van der Waals surface area contributed by atoms with Crippen LogP contribution in [-0.2, 0) is 4.74 Å². The minimum atomic E-state index is -0.733. The summed E-state index contributed by atoms with van der Waals surface area (Å²) in [4.78, 5) is 12.1. The molecule has 0 heterocycles. The molecule has 0 saturated heterocycles. The van der Waals surface area contributed by atoms with Gasteiger partial charge < -0.3 is 20.1 Å². The van der Waals surface area contributed by atoms with Crippen molar-refractivity contribution in [1.82, 2.24) is 0 Å². The summed E-state index contributed by atoms with van der Waals surface area (Å²) in [6.07, 6.45) is 3.45. The molecule has 0 aliphatic heterocycles. The molecule has 1 aromatic rings. The maximum Gasteiger partial charge on any atom is 0.339 e. The molecule has 1 unspecified atom stereocenters. The highest BCUT2D eigenvalue weighted by Gasteiger charge is 2.19. The fourth-order valence-corrected chi connectivity index (χ4v) is 1.65. The van der Waals surface area contributed by atoms with E-state index in [0.717, 1.165) is 17.7 Å². The molecule has 5 heteroatoms. The molecular formula is C17H20O5. The van der Waals surface area contributed by atoms with E-state index in [-0.39, 0.29) is 5.56 Å². The van der Waals surface area contributed by atoms with E-state index >= 15 is 0 Å². The number of carbonyl (C=O) groups excluding carboxylic acids is 1. The maximum absolute atomic E-state index is 12.1. The Hall–Kier alpha value is -2.69. The van der Waals surface area contributed by atoms with Gasteiger partial charge in [-0.25, -0.2) is 4.79 Å². The molecule has 22 heavy (non-hydrogen) atoms. The average molecular weight is 304 g/mol. The zero-order valence-electron chi connectivity index (χ0n) is 12.7. The van der Waals surface area contributed by atoms with Crippen LogP contribution in [0.25, 0.3) is 0 Å². The highest BCUT2D eigenvalue weighted by atomic mass is 16.5. The first-order valence-electron chi connectivity index (χ1n) is 6.66. The summed E-state index contributed by atoms with van der Waals surface area (Å²) in [6.45, 7) is 11.0. The van der Waals surface area contributed by atoms with E-state index < -0.39 is 29.3 Å². The van der Waals surface area contributed by atoms with Crippen LogP contribution in [0.4, 0.5) is 0 Å². The molecule has 0 amide bonds. The van der Waals surface area contributed by atoms with Gasteiger partial charge in [0.05, 0.1) is 5.56 Å². The Morgan fingerprint density at radius 3 is 2.27 bits per heavy atom. The van der Waals surface area contributed by atoms with Crippen molar-refractivity contribution < 1.29 is 24.9 Å². The van der Waals surface area contributed by atoms with Gasteiger partial charge in [0, 0.05) is 6.42 Å². The van der Waals surface area contributed by atoms with Gasteiger partial charge in [-0.15, -0.1) is 0 Å². The van der Waals surface area contributed by atoms with E-state index in [4.69, 9.17) is 4.74 Å². The van der Waals surface area contributed by atoms with Crippen LogP contribution < -0.4 is 0 Å². The lowest BCUT2D eigenvalue weighted by Crippen LogP contribution is -2.18. The summed E-state index contributed by atoms with van der Waals surface area (Å²) >= 11 is 0. The van der Waals surface area contributed by atoms with Gasteiger partial charge in [0.15, 0.2) is 17.2 Å². The zero-order chi connectivity index (χ0) is 16.9. The first-order valence-corrected chi connectivity index (χ1v) is 6.66. The summed E-state index contributed by atoms with van der Waals surface area (Å²) < 4.78 is 5.32. The van der Waals surface area contributed by atoms with Crippen molar-refractivity contribution in [2.75, 3.05) is 0 Å². The topological polar surface area (TPSA) is 87.0 Å². The van der Waals surface area contributed by atoms with Crippen LogP contribution in [0.15, 0.2) is 48.6 Å². The number of esters is 1. The van der Waals surface area contributed by atoms with Crippen LogP contribution in [-0.4, -0.2) is 27.4 Å². The molecule has 118 valence electrons. The highest BCUT2D eigenvalue weighted by molar-refractivity contribution is 5.91. The normalized spacial score (nSPS) is 12.5. The number of allylic oxidation sites excluding steroid dienone is 2. The van der Waals surface area contributed by atoms with Gasteiger partial charge in [0.25, 0.3) is 0 Å². The van der Waals surface area contributed by atoms with Crippen molar-refractivity contribution in [2.45, 2.75) is 26.4 Å². The summed E-state index contributed by atoms with van der Waals surface area (Å²) in [5, 5.41) is 28.1. The molecule has 0 spiro atoms. The number of carbonyl (C=O) groups is 1. The minimum absolute atomic E-state index is 0.0662. The van der Waals surface area contributed by atoms with Gasteiger partial charge in [0.1, 0.15) is 6.10 Å². The predicted molar refractivity (Wildman–Crippen MR) is 84.0 cm³/mol. The molecule has 0 aromatic heterocycles. The van der Waals surface area contributed by atoms with E-state index in [0.29, 0.717) is 12.0 Å². The summed E-state index contributed by atoms with van der Waals surface area (Å²) in [5.74, 6) is -2.61. The Morgan fingerprint density at radius 1 is 1.27 bits per heavy atom. The van der Waals surface area contributed by atoms with Crippen LogP contribution in [0.5, 0.6) is 17.2 Å². The first-order chi connectivity index (χ1) is 10.3. The van der Waals surface area contributed by atoms with Crippen molar-refractivity contribution in [3.63, 3.8) is 0 Å². The standard InChI is InChI=1S/C17H20O5/c1-5-11(4)6-7-15(10(2)3)22-17(21)12-8-13(18)16(20)14(19)9-12/h5-6,8-9,15,18-20H,1-2,7H2,3-4H3/b11-6+. The van der Waals surface area contributed by atoms with E-state index in [1.165, 1.54) is 0 Å². The lowest BCUT2D eigenvalue weighted by Gasteiger charge is -2.17. The fraction of sp³-hybridized carbons (Fsp3) is 0.235. The van der Waals surface area contributed by atoms with Crippen molar-refractivity contribution >= 4 is 5.97 Å². The number of hydrogen-bond acceptors (Lipinski definition) is 5. The highest BCUT2D eigenvalue weighted by Crippen LogP contribution is 2.35. The van der Waals surface area contributed by atoms with E-state index in [1.54, 1.807) is 13.0 Å². The molecule has 1 atom stereocenters. The summed E-state index contributed by atoms with van der Waals surface area (Å²) in [6, 6.07) is 2.05. The molecule has 0 aliphatic carbocycles. The van der Waals surface area contributed by atoms with Gasteiger partial charge in [-0.2, -0.15) is 0 Å². The largest absolute Gasteiger partial charge is 0.504 e. The van der Waals surface area contributed by atoms with Gasteiger partial charge >= 0.3 is 5.97 Å². The van der Waals surface area contributed by atoms with Crippen molar-refractivity contribution in [3.8, 4) is 17.2 Å². The second-order valence-electron chi connectivity index (χ2n) is 4.99. The molecule has 5 nitrogen and oxygen atoms in total. The molecule has 0 saturated carbocycles. The molecule has 3 N–H and O–H groups in total. The smallest absolute Gasteiger partial charge is 0.339 e. The number of hydrogen-bond donors (Lipinski definition) is 3.